The van der Waals surface area contributed by atoms with E-state index in [4.69, 9.17) is 0 Å². The highest BCUT2D eigenvalue weighted by Crippen LogP contribution is 2.23. The van der Waals surface area contributed by atoms with Crippen molar-refractivity contribution in [3.05, 3.63) is 114 Å². The van der Waals surface area contributed by atoms with Gasteiger partial charge in [0.15, 0.2) is 5.82 Å². The van der Waals surface area contributed by atoms with Gasteiger partial charge in [-0.25, -0.2) is 4.98 Å². The molecule has 0 aliphatic carbocycles. The van der Waals surface area contributed by atoms with E-state index in [0.29, 0.717) is 17.9 Å². The Kier molecular flexibility index (Phi) is 4.93. The van der Waals surface area contributed by atoms with Gasteiger partial charge in [-0.05, 0) is 17.5 Å². The normalized spacial score (nSPS) is 10.7. The van der Waals surface area contributed by atoms with E-state index in [9.17, 15) is 4.79 Å². The summed E-state index contributed by atoms with van der Waals surface area (Å²) in [5.74, 6) is 0.432. The second kappa shape index (κ2) is 7.83. The topological polar surface area (TPSA) is 34.9 Å². The van der Waals surface area contributed by atoms with Crippen LogP contribution in [0.25, 0.3) is 11.3 Å². The number of nitrogens with zero attached hydrogens (tertiary/aromatic N) is 2. The fourth-order valence-corrected chi connectivity index (χ4v) is 3.23. The third-order valence-electron chi connectivity index (χ3n) is 4.63. The molecule has 1 aromatic heterocycles. The molecule has 3 nitrogen and oxygen atoms in total. The number of benzene rings is 3. The summed E-state index contributed by atoms with van der Waals surface area (Å²) in [5, 5.41) is 0. The summed E-state index contributed by atoms with van der Waals surface area (Å²) in [6.07, 6.45) is 2.64. The second-order valence-electron chi connectivity index (χ2n) is 6.42. The van der Waals surface area contributed by atoms with Crippen LogP contribution in [0.2, 0.25) is 0 Å². The summed E-state index contributed by atoms with van der Waals surface area (Å²) in [4.78, 5) is 17.5. The van der Waals surface area contributed by atoms with Crippen molar-refractivity contribution >= 4 is 5.78 Å². The smallest absolute Gasteiger partial charge is 0.228 e. The van der Waals surface area contributed by atoms with Crippen molar-refractivity contribution < 1.29 is 4.79 Å². The number of hydrogen-bond donors (Lipinski definition) is 0. The highest BCUT2D eigenvalue weighted by atomic mass is 16.1. The Morgan fingerprint density at radius 2 is 1.37 bits per heavy atom. The Morgan fingerprint density at radius 3 is 2.04 bits per heavy atom. The van der Waals surface area contributed by atoms with Crippen molar-refractivity contribution in [2.24, 2.45) is 0 Å². The first-order valence-corrected chi connectivity index (χ1v) is 9.07. The minimum absolute atomic E-state index is 0.0501. The predicted molar refractivity (Wildman–Crippen MR) is 108 cm³/mol. The lowest BCUT2D eigenvalue weighted by Gasteiger charge is -2.12. The summed E-state index contributed by atoms with van der Waals surface area (Å²) >= 11 is 0. The van der Waals surface area contributed by atoms with Gasteiger partial charge in [0, 0.05) is 12.1 Å². The molecule has 3 heteroatoms. The summed E-state index contributed by atoms with van der Waals surface area (Å²) in [6, 6.07) is 29.7. The minimum Gasteiger partial charge on any atom is -0.321 e. The standard InChI is InChI=1S/C24H20N2O/c27-23(21-14-8-3-9-15-21)24-25-18-22(20-12-6-2-7-13-20)26(24)17-16-19-10-4-1-5-11-19/h1-15,18H,16-17H2. The van der Waals surface area contributed by atoms with Crippen molar-refractivity contribution in [2.75, 3.05) is 0 Å². The molecule has 0 fully saturated rings. The van der Waals surface area contributed by atoms with E-state index < -0.39 is 0 Å². The van der Waals surface area contributed by atoms with E-state index >= 15 is 0 Å². The van der Waals surface area contributed by atoms with E-state index in [1.165, 1.54) is 5.56 Å². The molecule has 4 rings (SSSR count). The molecular weight excluding hydrogens is 332 g/mol. The number of aryl methyl sites for hydroxylation is 1. The molecule has 1 heterocycles. The average molecular weight is 352 g/mol. The van der Waals surface area contributed by atoms with Crippen LogP contribution in [-0.4, -0.2) is 15.3 Å². The number of aromatic nitrogens is 2. The van der Waals surface area contributed by atoms with Crippen LogP contribution in [0.5, 0.6) is 0 Å². The van der Waals surface area contributed by atoms with Crippen molar-refractivity contribution in [3.63, 3.8) is 0 Å². The molecule has 132 valence electrons. The van der Waals surface area contributed by atoms with E-state index in [0.717, 1.165) is 17.7 Å². The van der Waals surface area contributed by atoms with Gasteiger partial charge in [0.25, 0.3) is 0 Å². The largest absolute Gasteiger partial charge is 0.321 e. The van der Waals surface area contributed by atoms with E-state index in [2.05, 4.69) is 17.1 Å². The lowest BCUT2D eigenvalue weighted by Crippen LogP contribution is -2.14. The summed E-state index contributed by atoms with van der Waals surface area (Å²) < 4.78 is 2.04. The van der Waals surface area contributed by atoms with E-state index in [1.807, 2.05) is 83.4 Å². The summed E-state index contributed by atoms with van der Waals surface area (Å²) in [5.41, 5.74) is 3.92. The molecular formula is C24H20N2O. The Bertz CT molecular complexity index is 1020. The molecule has 0 unspecified atom stereocenters. The first-order valence-electron chi connectivity index (χ1n) is 9.07. The van der Waals surface area contributed by atoms with Gasteiger partial charge in [-0.3, -0.25) is 4.79 Å². The third kappa shape index (κ3) is 3.72. The number of ketones is 1. The molecule has 0 amide bonds. The Labute approximate surface area is 158 Å². The minimum atomic E-state index is -0.0501. The van der Waals surface area contributed by atoms with Gasteiger partial charge in [0.2, 0.25) is 5.78 Å². The van der Waals surface area contributed by atoms with Crippen LogP contribution in [-0.2, 0) is 13.0 Å². The van der Waals surface area contributed by atoms with Crippen LogP contribution >= 0.6 is 0 Å². The Hall–Kier alpha value is -3.46. The molecule has 0 spiro atoms. The van der Waals surface area contributed by atoms with Crippen LogP contribution in [0.1, 0.15) is 21.7 Å². The second-order valence-corrected chi connectivity index (χ2v) is 6.42. The highest BCUT2D eigenvalue weighted by Gasteiger charge is 2.19. The van der Waals surface area contributed by atoms with Crippen molar-refractivity contribution in [2.45, 2.75) is 13.0 Å². The van der Waals surface area contributed by atoms with Crippen molar-refractivity contribution in [3.8, 4) is 11.3 Å². The zero-order valence-electron chi connectivity index (χ0n) is 15.0. The third-order valence-corrected chi connectivity index (χ3v) is 4.63. The Balaban J connectivity index is 1.72. The van der Waals surface area contributed by atoms with Crippen molar-refractivity contribution in [1.82, 2.24) is 9.55 Å². The quantitative estimate of drug-likeness (QED) is 0.457. The highest BCUT2D eigenvalue weighted by molar-refractivity contribution is 6.07. The van der Waals surface area contributed by atoms with Gasteiger partial charge < -0.3 is 4.57 Å². The van der Waals surface area contributed by atoms with Crippen LogP contribution in [0, 0.1) is 0 Å². The molecule has 0 aliphatic heterocycles. The monoisotopic (exact) mass is 352 g/mol. The van der Waals surface area contributed by atoms with Gasteiger partial charge in [0.05, 0.1) is 11.9 Å². The van der Waals surface area contributed by atoms with E-state index in [-0.39, 0.29) is 5.78 Å². The number of rotatable bonds is 6. The maximum atomic E-state index is 13.0. The molecule has 4 aromatic rings. The number of carbonyl (C=O) groups is 1. The number of imidazole rings is 1. The molecule has 0 saturated heterocycles. The van der Waals surface area contributed by atoms with Crippen LogP contribution in [0.15, 0.2) is 97.2 Å². The lowest BCUT2D eigenvalue weighted by atomic mass is 10.1. The van der Waals surface area contributed by atoms with Crippen LogP contribution in [0.4, 0.5) is 0 Å². The zero-order valence-corrected chi connectivity index (χ0v) is 15.0. The Morgan fingerprint density at radius 1 is 0.778 bits per heavy atom. The molecule has 0 radical (unpaired) electrons. The van der Waals surface area contributed by atoms with Gasteiger partial charge in [-0.15, -0.1) is 0 Å². The molecule has 0 aliphatic rings. The summed E-state index contributed by atoms with van der Waals surface area (Å²) in [7, 11) is 0. The van der Waals surface area contributed by atoms with Gasteiger partial charge in [-0.1, -0.05) is 91.0 Å². The fraction of sp³-hybridized carbons (Fsp3) is 0.0833. The maximum Gasteiger partial charge on any atom is 0.228 e. The molecule has 27 heavy (non-hydrogen) atoms. The molecule has 0 bridgehead atoms. The first kappa shape index (κ1) is 17.0. The van der Waals surface area contributed by atoms with Gasteiger partial charge in [-0.2, -0.15) is 0 Å². The fourth-order valence-electron chi connectivity index (χ4n) is 3.23. The van der Waals surface area contributed by atoms with Gasteiger partial charge >= 0.3 is 0 Å². The molecule has 3 aromatic carbocycles. The number of carbonyl (C=O) groups excluding carboxylic acids is 1. The average Bonchev–Trinajstić information content (AvgIpc) is 3.17. The molecule has 0 saturated carbocycles. The van der Waals surface area contributed by atoms with Crippen LogP contribution in [0.3, 0.4) is 0 Å². The van der Waals surface area contributed by atoms with Crippen molar-refractivity contribution in [1.29, 1.82) is 0 Å². The molecule has 0 atom stereocenters. The maximum absolute atomic E-state index is 13.0. The lowest BCUT2D eigenvalue weighted by molar-refractivity contribution is 0.102. The molecule has 0 N–H and O–H groups in total. The number of hydrogen-bond acceptors (Lipinski definition) is 2. The predicted octanol–water partition coefficient (Wildman–Crippen LogP) is 5.02. The zero-order chi connectivity index (χ0) is 18.5. The summed E-state index contributed by atoms with van der Waals surface area (Å²) in [6.45, 7) is 0.697. The van der Waals surface area contributed by atoms with Crippen LogP contribution < -0.4 is 0 Å². The van der Waals surface area contributed by atoms with E-state index in [1.54, 1.807) is 6.20 Å². The first-order chi connectivity index (χ1) is 13.3. The SMILES string of the molecule is O=C(c1ccccc1)c1ncc(-c2ccccc2)n1CCc1ccccc1. The van der Waals surface area contributed by atoms with Gasteiger partial charge in [0.1, 0.15) is 0 Å².